The Bertz CT molecular complexity index is 1170. The largest absolute Gasteiger partial charge is 0.495 e. The Balaban J connectivity index is 1.95. The van der Waals surface area contributed by atoms with E-state index in [4.69, 9.17) is 14.6 Å². The van der Waals surface area contributed by atoms with Crippen LogP contribution >= 0.6 is 0 Å². The Morgan fingerprint density at radius 1 is 1.19 bits per heavy atom. The Kier molecular flexibility index (Phi) is 6.09. The van der Waals surface area contributed by atoms with Gasteiger partial charge in [0.25, 0.3) is 5.69 Å². The van der Waals surface area contributed by atoms with E-state index in [1.165, 1.54) is 25.3 Å². The molecule has 10 nitrogen and oxygen atoms in total. The van der Waals surface area contributed by atoms with Gasteiger partial charge < -0.3 is 19.9 Å². The molecule has 0 bridgehead atoms. The molecule has 0 saturated heterocycles. The summed E-state index contributed by atoms with van der Waals surface area (Å²) < 4.78 is 50.4. The first-order valence-corrected chi connectivity index (χ1v) is 8.63. The van der Waals surface area contributed by atoms with Crippen molar-refractivity contribution in [2.24, 2.45) is 0 Å². The van der Waals surface area contributed by atoms with Gasteiger partial charge in [-0.05, 0) is 30.3 Å². The summed E-state index contributed by atoms with van der Waals surface area (Å²) in [6, 6.07) is 8.19. The van der Waals surface area contributed by atoms with Crippen LogP contribution in [-0.4, -0.2) is 33.1 Å². The summed E-state index contributed by atoms with van der Waals surface area (Å²) in [4.78, 5) is 28.5. The van der Waals surface area contributed by atoms with E-state index >= 15 is 0 Å². The molecular formula is C19H13F3N4O6. The number of alkyl halides is 3. The number of nitro groups is 1. The molecule has 3 rings (SSSR count). The number of carboxylic acids is 1. The number of nitrogens with zero attached hydrogens (tertiary/aromatic N) is 3. The summed E-state index contributed by atoms with van der Waals surface area (Å²) in [6.07, 6.45) is -4.33. The molecule has 1 heterocycles. The molecule has 0 unspecified atom stereocenters. The van der Waals surface area contributed by atoms with Gasteiger partial charge in [-0.15, -0.1) is 0 Å². The first-order chi connectivity index (χ1) is 15.1. The van der Waals surface area contributed by atoms with Crippen LogP contribution in [0.4, 0.5) is 30.5 Å². The van der Waals surface area contributed by atoms with Crippen molar-refractivity contribution >= 4 is 23.3 Å². The number of hydrogen-bond acceptors (Lipinski definition) is 8. The molecule has 13 heteroatoms. The summed E-state index contributed by atoms with van der Waals surface area (Å²) in [7, 11) is 1.28. The fraction of sp³-hybridized carbons (Fsp3) is 0.105. The van der Waals surface area contributed by atoms with Crippen LogP contribution in [0.25, 0.3) is 0 Å². The summed E-state index contributed by atoms with van der Waals surface area (Å²) in [5.74, 6) is -2.36. The Morgan fingerprint density at radius 3 is 2.44 bits per heavy atom. The van der Waals surface area contributed by atoms with Crippen LogP contribution < -0.4 is 14.8 Å². The van der Waals surface area contributed by atoms with Gasteiger partial charge in [-0.3, -0.25) is 10.1 Å². The highest BCUT2D eigenvalue weighted by molar-refractivity contribution is 5.89. The molecule has 0 radical (unpaired) electrons. The van der Waals surface area contributed by atoms with Gasteiger partial charge in [0.15, 0.2) is 0 Å². The van der Waals surface area contributed by atoms with Crippen LogP contribution in [-0.2, 0) is 6.18 Å². The zero-order valence-electron chi connectivity index (χ0n) is 16.1. The second-order valence-electron chi connectivity index (χ2n) is 6.11. The number of carboxylic acid groups (broad SMARTS) is 1. The van der Waals surface area contributed by atoms with E-state index in [2.05, 4.69) is 15.3 Å². The van der Waals surface area contributed by atoms with Crippen molar-refractivity contribution in [3.05, 3.63) is 69.9 Å². The van der Waals surface area contributed by atoms with Crippen molar-refractivity contribution in [1.82, 2.24) is 9.97 Å². The standard InChI is InChI=1S/C19H13F3N4O6/c1-31-15-8-10(17(27)28)2-7-14(15)24-18-23-9-13(19(20,21)22)16(25-18)32-12-5-3-11(4-6-12)26(29)30/h2-9H,1H3,(H,27,28)(H,23,24,25). The monoisotopic (exact) mass is 450 g/mol. The number of aromatic carboxylic acids is 1. The van der Waals surface area contributed by atoms with E-state index in [-0.39, 0.29) is 34.4 Å². The van der Waals surface area contributed by atoms with Gasteiger partial charge in [-0.2, -0.15) is 18.2 Å². The number of halogens is 3. The third kappa shape index (κ3) is 5.00. The minimum atomic E-state index is -4.84. The van der Waals surface area contributed by atoms with E-state index in [1.807, 2.05) is 0 Å². The smallest absolute Gasteiger partial charge is 0.423 e. The predicted molar refractivity (Wildman–Crippen MR) is 103 cm³/mol. The third-order valence-electron chi connectivity index (χ3n) is 4.02. The topological polar surface area (TPSA) is 137 Å². The van der Waals surface area contributed by atoms with Crippen LogP contribution in [0.3, 0.4) is 0 Å². The minimum Gasteiger partial charge on any atom is -0.495 e. The lowest BCUT2D eigenvalue weighted by Crippen LogP contribution is -2.11. The molecule has 0 atom stereocenters. The van der Waals surface area contributed by atoms with Gasteiger partial charge in [0, 0.05) is 18.3 Å². The van der Waals surface area contributed by atoms with Crippen LogP contribution in [0, 0.1) is 10.1 Å². The van der Waals surface area contributed by atoms with Crippen molar-refractivity contribution in [1.29, 1.82) is 0 Å². The van der Waals surface area contributed by atoms with Crippen molar-refractivity contribution in [2.75, 3.05) is 12.4 Å². The van der Waals surface area contributed by atoms with Crippen LogP contribution in [0.2, 0.25) is 0 Å². The fourth-order valence-electron chi connectivity index (χ4n) is 2.49. The van der Waals surface area contributed by atoms with E-state index in [1.54, 1.807) is 0 Å². The number of methoxy groups -OCH3 is 1. The lowest BCUT2D eigenvalue weighted by Gasteiger charge is -2.15. The van der Waals surface area contributed by atoms with E-state index in [0.29, 0.717) is 6.20 Å². The fourth-order valence-corrected chi connectivity index (χ4v) is 2.49. The number of nitro benzene ring substituents is 1. The number of anilines is 2. The lowest BCUT2D eigenvalue weighted by atomic mass is 10.2. The lowest BCUT2D eigenvalue weighted by molar-refractivity contribution is -0.384. The molecule has 3 aromatic rings. The Hall–Kier alpha value is -4.42. The second kappa shape index (κ2) is 8.75. The molecule has 2 aromatic carbocycles. The first kappa shape index (κ1) is 22.3. The molecule has 0 amide bonds. The van der Waals surface area contributed by atoms with Gasteiger partial charge in [0.1, 0.15) is 17.1 Å². The minimum absolute atomic E-state index is 0.0667. The van der Waals surface area contributed by atoms with Crippen LogP contribution in [0.1, 0.15) is 15.9 Å². The van der Waals surface area contributed by atoms with Crippen LogP contribution in [0.5, 0.6) is 17.4 Å². The second-order valence-corrected chi connectivity index (χ2v) is 6.11. The van der Waals surface area contributed by atoms with Crippen LogP contribution in [0.15, 0.2) is 48.7 Å². The summed E-state index contributed by atoms with van der Waals surface area (Å²) in [6.45, 7) is 0. The molecule has 2 N–H and O–H groups in total. The number of ether oxygens (including phenoxy) is 2. The Morgan fingerprint density at radius 2 is 1.88 bits per heavy atom. The van der Waals surface area contributed by atoms with Gasteiger partial charge in [-0.25, -0.2) is 9.78 Å². The maximum atomic E-state index is 13.4. The molecule has 0 saturated carbocycles. The molecule has 0 fully saturated rings. The molecule has 0 aliphatic heterocycles. The van der Waals surface area contributed by atoms with E-state index in [9.17, 15) is 28.1 Å². The van der Waals surface area contributed by atoms with Crippen molar-refractivity contribution in [3.63, 3.8) is 0 Å². The quantitative estimate of drug-likeness (QED) is 0.389. The van der Waals surface area contributed by atoms with Gasteiger partial charge in [-0.1, -0.05) is 0 Å². The number of aromatic nitrogens is 2. The zero-order valence-corrected chi connectivity index (χ0v) is 16.1. The molecule has 0 aliphatic rings. The van der Waals surface area contributed by atoms with Crippen molar-refractivity contribution in [2.45, 2.75) is 6.18 Å². The summed E-state index contributed by atoms with van der Waals surface area (Å²) in [5, 5.41) is 22.4. The third-order valence-corrected chi connectivity index (χ3v) is 4.02. The molecule has 0 aliphatic carbocycles. The SMILES string of the molecule is COc1cc(C(=O)O)ccc1Nc1ncc(C(F)(F)F)c(Oc2ccc([N+](=O)[O-])cc2)n1. The molecule has 1 aromatic heterocycles. The van der Waals surface area contributed by atoms with E-state index in [0.717, 1.165) is 24.3 Å². The average molecular weight is 450 g/mol. The summed E-state index contributed by atoms with van der Waals surface area (Å²) in [5.41, 5.74) is -1.41. The van der Waals surface area contributed by atoms with Crippen molar-refractivity contribution in [3.8, 4) is 17.4 Å². The highest BCUT2D eigenvalue weighted by Gasteiger charge is 2.36. The zero-order chi connectivity index (χ0) is 23.5. The number of hydrogen-bond donors (Lipinski definition) is 2. The van der Waals surface area contributed by atoms with Gasteiger partial charge in [0.2, 0.25) is 11.8 Å². The normalized spacial score (nSPS) is 11.0. The molecule has 0 spiro atoms. The number of carbonyl (C=O) groups is 1. The highest BCUT2D eigenvalue weighted by atomic mass is 19.4. The maximum Gasteiger partial charge on any atom is 0.423 e. The molecule has 32 heavy (non-hydrogen) atoms. The Labute approximate surface area is 177 Å². The molecular weight excluding hydrogens is 437 g/mol. The van der Waals surface area contributed by atoms with Gasteiger partial charge >= 0.3 is 12.1 Å². The number of rotatable bonds is 7. The average Bonchev–Trinajstić information content (AvgIpc) is 2.73. The highest BCUT2D eigenvalue weighted by Crippen LogP contribution is 2.38. The predicted octanol–water partition coefficient (Wildman–Crippen LogP) is 4.65. The number of non-ortho nitro benzene ring substituents is 1. The first-order valence-electron chi connectivity index (χ1n) is 8.63. The number of nitrogens with one attached hydrogen (secondary N) is 1. The van der Waals surface area contributed by atoms with Gasteiger partial charge in [0.05, 0.1) is 23.3 Å². The summed E-state index contributed by atoms with van der Waals surface area (Å²) >= 11 is 0. The number of benzene rings is 2. The van der Waals surface area contributed by atoms with E-state index < -0.39 is 28.5 Å². The molecule has 166 valence electrons. The van der Waals surface area contributed by atoms with Crippen molar-refractivity contribution < 1.29 is 37.5 Å². The maximum absolute atomic E-state index is 13.4.